The van der Waals surface area contributed by atoms with Crippen LogP contribution in [0.1, 0.15) is 17.7 Å². The monoisotopic (exact) mass is 372 g/mol. The number of guanidine groups is 1. The first-order valence-electron chi connectivity index (χ1n) is 9.10. The molecule has 0 aliphatic carbocycles. The largest absolute Gasteiger partial charge is 0.495 e. The van der Waals surface area contributed by atoms with Gasteiger partial charge < -0.3 is 19.9 Å². The van der Waals surface area contributed by atoms with Gasteiger partial charge in [0.2, 0.25) is 0 Å². The fraction of sp³-hybridized carbons (Fsp3) is 0.450. The van der Waals surface area contributed by atoms with Crippen molar-refractivity contribution in [1.29, 1.82) is 0 Å². The van der Waals surface area contributed by atoms with Gasteiger partial charge in [0.15, 0.2) is 5.96 Å². The van der Waals surface area contributed by atoms with Crippen LogP contribution >= 0.6 is 11.3 Å². The van der Waals surface area contributed by atoms with E-state index in [0.717, 1.165) is 44.4 Å². The minimum atomic E-state index is 0.488. The van der Waals surface area contributed by atoms with Crippen LogP contribution in [-0.4, -0.2) is 57.7 Å². The summed E-state index contributed by atoms with van der Waals surface area (Å²) in [5, 5.41) is 5.68. The summed E-state index contributed by atoms with van der Waals surface area (Å²) in [6.07, 6.45) is 0. The lowest BCUT2D eigenvalue weighted by Gasteiger charge is -2.38. The standard InChI is InChI=1S/C20H28N4OS/c1-16(19-9-6-14-26-19)15-22-20(21-2)24-12-10-23(11-13-24)17-7-4-5-8-18(17)25-3/h4-9,14,16H,10-13,15H2,1-3H3,(H,21,22). The zero-order valence-corrected chi connectivity index (χ0v) is 16.6. The van der Waals surface area contributed by atoms with Crippen LogP contribution in [0.3, 0.4) is 0 Å². The molecule has 0 spiro atoms. The Balaban J connectivity index is 1.54. The van der Waals surface area contributed by atoms with E-state index in [0.29, 0.717) is 5.92 Å². The number of ether oxygens (including phenoxy) is 1. The highest BCUT2D eigenvalue weighted by atomic mass is 32.1. The van der Waals surface area contributed by atoms with Crippen LogP contribution in [0.5, 0.6) is 5.75 Å². The van der Waals surface area contributed by atoms with E-state index in [1.54, 1.807) is 7.11 Å². The molecule has 2 aromatic rings. The number of aliphatic imine (C=N–C) groups is 1. The summed E-state index contributed by atoms with van der Waals surface area (Å²) in [6, 6.07) is 12.5. The first-order chi connectivity index (χ1) is 12.7. The third-order valence-electron chi connectivity index (χ3n) is 4.81. The average molecular weight is 373 g/mol. The van der Waals surface area contributed by atoms with Crippen LogP contribution < -0.4 is 15.0 Å². The molecule has 0 radical (unpaired) electrons. The van der Waals surface area contributed by atoms with Crippen LogP contribution in [0.25, 0.3) is 0 Å². The number of nitrogens with one attached hydrogen (secondary N) is 1. The second-order valence-electron chi connectivity index (χ2n) is 6.49. The van der Waals surface area contributed by atoms with Gasteiger partial charge >= 0.3 is 0 Å². The SMILES string of the molecule is CN=C(NCC(C)c1cccs1)N1CCN(c2ccccc2OC)CC1. The summed E-state index contributed by atoms with van der Waals surface area (Å²) in [5.41, 5.74) is 1.17. The van der Waals surface area contributed by atoms with Crippen molar-refractivity contribution in [1.82, 2.24) is 10.2 Å². The maximum absolute atomic E-state index is 5.50. The normalized spacial score (nSPS) is 16.5. The number of rotatable bonds is 5. The fourth-order valence-electron chi connectivity index (χ4n) is 3.30. The van der Waals surface area contributed by atoms with Crippen molar-refractivity contribution >= 4 is 23.0 Å². The number of nitrogens with zero attached hydrogens (tertiary/aromatic N) is 3. The predicted octanol–water partition coefficient (Wildman–Crippen LogP) is 3.26. The molecule has 1 aliphatic rings. The smallest absolute Gasteiger partial charge is 0.193 e. The Bertz CT molecular complexity index is 708. The van der Waals surface area contributed by atoms with Crippen LogP contribution in [0.2, 0.25) is 0 Å². The van der Waals surface area contributed by atoms with E-state index in [4.69, 9.17) is 4.74 Å². The first kappa shape index (κ1) is 18.6. The van der Waals surface area contributed by atoms with Crippen molar-refractivity contribution in [2.75, 3.05) is 51.8 Å². The van der Waals surface area contributed by atoms with Crippen LogP contribution in [0.4, 0.5) is 5.69 Å². The van der Waals surface area contributed by atoms with Gasteiger partial charge in [-0.1, -0.05) is 25.1 Å². The topological polar surface area (TPSA) is 40.1 Å². The first-order valence-corrected chi connectivity index (χ1v) is 9.98. The van der Waals surface area contributed by atoms with E-state index in [-0.39, 0.29) is 0 Å². The number of hydrogen-bond donors (Lipinski definition) is 1. The molecular formula is C20H28N4OS. The Hall–Kier alpha value is -2.21. The molecule has 1 unspecified atom stereocenters. The predicted molar refractivity (Wildman–Crippen MR) is 111 cm³/mol. The number of methoxy groups -OCH3 is 1. The maximum Gasteiger partial charge on any atom is 0.193 e. The molecule has 140 valence electrons. The molecule has 1 atom stereocenters. The van der Waals surface area contributed by atoms with Gasteiger partial charge in [0.05, 0.1) is 12.8 Å². The van der Waals surface area contributed by atoms with Crippen molar-refractivity contribution in [3.8, 4) is 5.75 Å². The van der Waals surface area contributed by atoms with Crippen molar-refractivity contribution in [2.45, 2.75) is 12.8 Å². The number of anilines is 1. The molecule has 0 bridgehead atoms. The van der Waals surface area contributed by atoms with Gasteiger partial charge in [-0.2, -0.15) is 0 Å². The molecule has 1 aliphatic heterocycles. The number of benzene rings is 1. The summed E-state index contributed by atoms with van der Waals surface area (Å²) in [6.45, 7) is 6.98. The van der Waals surface area contributed by atoms with Gasteiger partial charge in [-0.25, -0.2) is 0 Å². The molecule has 1 fully saturated rings. The molecule has 5 nitrogen and oxygen atoms in total. The summed E-state index contributed by atoms with van der Waals surface area (Å²) < 4.78 is 5.50. The van der Waals surface area contributed by atoms with Gasteiger partial charge in [0.1, 0.15) is 5.75 Å². The van der Waals surface area contributed by atoms with E-state index in [1.165, 1.54) is 10.6 Å². The third kappa shape index (κ3) is 4.30. The van der Waals surface area contributed by atoms with Crippen molar-refractivity contribution in [3.63, 3.8) is 0 Å². The minimum absolute atomic E-state index is 0.488. The molecule has 1 aromatic heterocycles. The second-order valence-corrected chi connectivity index (χ2v) is 7.47. The maximum atomic E-state index is 5.50. The highest BCUT2D eigenvalue weighted by Crippen LogP contribution is 2.28. The highest BCUT2D eigenvalue weighted by Gasteiger charge is 2.22. The lowest BCUT2D eigenvalue weighted by atomic mass is 10.1. The van der Waals surface area contributed by atoms with E-state index in [2.05, 4.69) is 56.7 Å². The lowest BCUT2D eigenvalue weighted by molar-refractivity contribution is 0.366. The Morgan fingerprint density at radius 2 is 1.96 bits per heavy atom. The van der Waals surface area contributed by atoms with Crippen LogP contribution in [0.15, 0.2) is 46.8 Å². The highest BCUT2D eigenvalue weighted by molar-refractivity contribution is 7.10. The van der Waals surface area contributed by atoms with E-state index < -0.39 is 0 Å². The molecule has 2 heterocycles. The van der Waals surface area contributed by atoms with Gasteiger partial charge in [0.25, 0.3) is 0 Å². The zero-order valence-electron chi connectivity index (χ0n) is 15.8. The zero-order chi connectivity index (χ0) is 18.4. The van der Waals surface area contributed by atoms with Crippen molar-refractivity contribution < 1.29 is 4.74 Å². The second kappa shape index (κ2) is 8.94. The van der Waals surface area contributed by atoms with Gasteiger partial charge in [-0.05, 0) is 23.6 Å². The van der Waals surface area contributed by atoms with Crippen molar-refractivity contribution in [3.05, 3.63) is 46.7 Å². The summed E-state index contributed by atoms with van der Waals surface area (Å²) >= 11 is 1.82. The van der Waals surface area contributed by atoms with E-state index in [1.807, 2.05) is 30.5 Å². The Labute approximate surface area is 160 Å². The average Bonchev–Trinajstić information content (AvgIpc) is 3.24. The lowest BCUT2D eigenvalue weighted by Crippen LogP contribution is -2.53. The molecule has 26 heavy (non-hydrogen) atoms. The molecule has 1 saturated heterocycles. The van der Waals surface area contributed by atoms with Crippen LogP contribution in [0, 0.1) is 0 Å². The molecule has 1 N–H and O–H groups in total. The van der Waals surface area contributed by atoms with Gasteiger partial charge in [0, 0.05) is 50.6 Å². The number of thiophene rings is 1. The summed E-state index contributed by atoms with van der Waals surface area (Å²) in [4.78, 5) is 10.6. The van der Waals surface area contributed by atoms with E-state index >= 15 is 0 Å². The number of hydrogen-bond acceptors (Lipinski definition) is 4. The quantitative estimate of drug-likeness (QED) is 0.646. The molecule has 1 aromatic carbocycles. The van der Waals surface area contributed by atoms with Crippen molar-refractivity contribution in [2.24, 2.45) is 4.99 Å². The Kier molecular flexibility index (Phi) is 6.39. The summed E-state index contributed by atoms with van der Waals surface area (Å²) in [7, 11) is 3.60. The number of para-hydroxylation sites is 2. The molecule has 0 amide bonds. The third-order valence-corrected chi connectivity index (χ3v) is 5.92. The summed E-state index contributed by atoms with van der Waals surface area (Å²) in [5.74, 6) is 2.42. The molecular weight excluding hydrogens is 344 g/mol. The van der Waals surface area contributed by atoms with Crippen LogP contribution in [-0.2, 0) is 0 Å². The Morgan fingerprint density at radius 1 is 1.19 bits per heavy atom. The van der Waals surface area contributed by atoms with Gasteiger partial charge in [-0.15, -0.1) is 11.3 Å². The van der Waals surface area contributed by atoms with Gasteiger partial charge in [-0.3, -0.25) is 4.99 Å². The minimum Gasteiger partial charge on any atom is -0.495 e. The molecule has 0 saturated carbocycles. The Morgan fingerprint density at radius 3 is 2.62 bits per heavy atom. The van der Waals surface area contributed by atoms with E-state index in [9.17, 15) is 0 Å². The molecule has 3 rings (SSSR count). The fourth-order valence-corrected chi connectivity index (χ4v) is 4.09. The molecule has 6 heteroatoms. The number of piperazine rings is 1.